The van der Waals surface area contributed by atoms with Gasteiger partial charge in [-0.2, -0.15) is 0 Å². The van der Waals surface area contributed by atoms with Crippen LogP contribution in [-0.2, 0) is 22.1 Å². The molecule has 2 rings (SSSR count). The van der Waals surface area contributed by atoms with Gasteiger partial charge in [-0.3, -0.25) is 4.21 Å². The lowest BCUT2D eigenvalue weighted by Crippen LogP contribution is -2.27. The molecule has 1 fully saturated rings. The highest BCUT2D eigenvalue weighted by Gasteiger charge is 2.19. The molecule has 1 saturated heterocycles. The smallest absolute Gasteiger partial charge is 0.119 e. The molecule has 0 aliphatic carbocycles. The van der Waals surface area contributed by atoms with Gasteiger partial charge < -0.3 is 15.2 Å². The minimum atomic E-state index is -0.811. The first-order valence-corrected chi connectivity index (χ1v) is 8.04. The summed E-state index contributed by atoms with van der Waals surface area (Å²) in [4.78, 5) is 0. The standard InChI is InChI=1S/C14H21NO3S/c15-11-12-1-3-13(4-2-12)18-9-10-19(16)14-5-7-17-8-6-14/h1-4,14H,5-11,15H2. The zero-order valence-corrected chi connectivity index (χ0v) is 11.9. The first-order valence-electron chi connectivity index (χ1n) is 6.66. The highest BCUT2D eigenvalue weighted by Crippen LogP contribution is 2.15. The molecule has 4 nitrogen and oxygen atoms in total. The maximum absolute atomic E-state index is 12.0. The van der Waals surface area contributed by atoms with E-state index in [-0.39, 0.29) is 5.25 Å². The van der Waals surface area contributed by atoms with Crippen molar-refractivity contribution in [2.24, 2.45) is 5.73 Å². The average molecular weight is 283 g/mol. The number of benzene rings is 1. The summed E-state index contributed by atoms with van der Waals surface area (Å²) < 4.78 is 22.9. The summed E-state index contributed by atoms with van der Waals surface area (Å²) in [6, 6.07) is 7.70. The Balaban J connectivity index is 1.71. The van der Waals surface area contributed by atoms with E-state index in [0.717, 1.165) is 37.4 Å². The summed E-state index contributed by atoms with van der Waals surface area (Å²) in [7, 11) is -0.811. The summed E-state index contributed by atoms with van der Waals surface area (Å²) in [6.07, 6.45) is 1.80. The molecule has 1 atom stereocenters. The Morgan fingerprint density at radius 1 is 1.26 bits per heavy atom. The second-order valence-electron chi connectivity index (χ2n) is 4.59. The Morgan fingerprint density at radius 3 is 2.58 bits per heavy atom. The van der Waals surface area contributed by atoms with Gasteiger partial charge in [0.1, 0.15) is 5.75 Å². The monoisotopic (exact) mass is 283 g/mol. The summed E-state index contributed by atoms with van der Waals surface area (Å²) in [5.74, 6) is 1.39. The lowest BCUT2D eigenvalue weighted by atomic mass is 10.2. The molecule has 0 saturated carbocycles. The Morgan fingerprint density at radius 2 is 1.95 bits per heavy atom. The van der Waals surface area contributed by atoms with Crippen molar-refractivity contribution in [2.75, 3.05) is 25.6 Å². The molecule has 1 aliphatic heterocycles. The molecule has 0 bridgehead atoms. The van der Waals surface area contributed by atoms with Crippen LogP contribution in [0.25, 0.3) is 0 Å². The van der Waals surface area contributed by atoms with Gasteiger partial charge >= 0.3 is 0 Å². The van der Waals surface area contributed by atoms with Gasteiger partial charge in [-0.1, -0.05) is 12.1 Å². The number of hydrogen-bond donors (Lipinski definition) is 1. The SMILES string of the molecule is NCc1ccc(OCCS(=O)C2CCOCC2)cc1. The minimum absolute atomic E-state index is 0.275. The van der Waals surface area contributed by atoms with E-state index in [2.05, 4.69) is 0 Å². The highest BCUT2D eigenvalue weighted by atomic mass is 32.2. The van der Waals surface area contributed by atoms with Gasteiger partial charge in [0.2, 0.25) is 0 Å². The maximum Gasteiger partial charge on any atom is 0.119 e. The molecule has 0 spiro atoms. The zero-order chi connectivity index (χ0) is 13.5. The summed E-state index contributed by atoms with van der Waals surface area (Å²) in [5.41, 5.74) is 6.61. The van der Waals surface area contributed by atoms with E-state index >= 15 is 0 Å². The van der Waals surface area contributed by atoms with Crippen LogP contribution in [0.4, 0.5) is 0 Å². The van der Waals surface area contributed by atoms with Crippen molar-refractivity contribution in [3.63, 3.8) is 0 Å². The largest absolute Gasteiger partial charge is 0.493 e. The number of hydrogen-bond acceptors (Lipinski definition) is 4. The topological polar surface area (TPSA) is 61.5 Å². The van der Waals surface area contributed by atoms with E-state index < -0.39 is 10.8 Å². The average Bonchev–Trinajstić information content (AvgIpc) is 2.49. The van der Waals surface area contributed by atoms with E-state index in [0.29, 0.717) is 18.9 Å². The fraction of sp³-hybridized carbons (Fsp3) is 0.571. The fourth-order valence-corrected chi connectivity index (χ4v) is 3.37. The van der Waals surface area contributed by atoms with Gasteiger partial charge in [0.05, 0.1) is 12.4 Å². The third-order valence-electron chi connectivity index (χ3n) is 3.25. The Labute approximate surface area is 116 Å². The summed E-state index contributed by atoms with van der Waals surface area (Å²) >= 11 is 0. The molecule has 1 heterocycles. The van der Waals surface area contributed by atoms with Crippen LogP contribution < -0.4 is 10.5 Å². The Kier molecular flexibility index (Phi) is 5.82. The molecular weight excluding hydrogens is 262 g/mol. The lowest BCUT2D eigenvalue weighted by molar-refractivity contribution is 0.0991. The number of ether oxygens (including phenoxy) is 2. The van der Waals surface area contributed by atoms with Gasteiger partial charge in [0.15, 0.2) is 0 Å². The van der Waals surface area contributed by atoms with Crippen molar-refractivity contribution in [3.8, 4) is 5.75 Å². The van der Waals surface area contributed by atoms with Crippen molar-refractivity contribution in [1.82, 2.24) is 0 Å². The van der Waals surface area contributed by atoms with E-state index in [1.807, 2.05) is 24.3 Å². The van der Waals surface area contributed by atoms with Crippen molar-refractivity contribution in [3.05, 3.63) is 29.8 Å². The highest BCUT2D eigenvalue weighted by molar-refractivity contribution is 7.85. The van der Waals surface area contributed by atoms with Crippen molar-refractivity contribution in [1.29, 1.82) is 0 Å². The van der Waals surface area contributed by atoms with Crippen molar-refractivity contribution >= 4 is 10.8 Å². The normalized spacial score (nSPS) is 18.2. The summed E-state index contributed by atoms with van der Waals surface area (Å²) in [6.45, 7) is 2.50. The fourth-order valence-electron chi connectivity index (χ4n) is 2.07. The van der Waals surface area contributed by atoms with Crippen LogP contribution in [0.15, 0.2) is 24.3 Å². The molecule has 1 unspecified atom stereocenters. The molecule has 5 heteroatoms. The van der Waals surface area contributed by atoms with E-state index in [9.17, 15) is 4.21 Å². The van der Waals surface area contributed by atoms with Crippen molar-refractivity contribution < 1.29 is 13.7 Å². The van der Waals surface area contributed by atoms with Crippen LogP contribution in [0.1, 0.15) is 18.4 Å². The van der Waals surface area contributed by atoms with Crippen LogP contribution in [0.5, 0.6) is 5.75 Å². The number of rotatable bonds is 6. The molecule has 0 aromatic heterocycles. The number of nitrogens with two attached hydrogens (primary N) is 1. The maximum atomic E-state index is 12.0. The third-order valence-corrected chi connectivity index (χ3v) is 5.04. The van der Waals surface area contributed by atoms with E-state index in [4.69, 9.17) is 15.2 Å². The molecule has 1 aliphatic rings. The van der Waals surface area contributed by atoms with Crippen molar-refractivity contribution in [2.45, 2.75) is 24.6 Å². The van der Waals surface area contributed by atoms with Gasteiger partial charge in [-0.05, 0) is 30.5 Å². The van der Waals surface area contributed by atoms with Gasteiger partial charge in [-0.15, -0.1) is 0 Å². The molecule has 1 aromatic rings. The molecule has 0 radical (unpaired) electrons. The Bertz CT molecular complexity index is 402. The first kappa shape index (κ1) is 14.5. The molecule has 1 aromatic carbocycles. The Hall–Kier alpha value is -0.910. The molecule has 19 heavy (non-hydrogen) atoms. The van der Waals surface area contributed by atoms with E-state index in [1.54, 1.807) is 0 Å². The molecular formula is C14H21NO3S. The van der Waals surface area contributed by atoms with Gasteiger partial charge in [-0.25, -0.2) is 0 Å². The van der Waals surface area contributed by atoms with E-state index in [1.165, 1.54) is 0 Å². The quantitative estimate of drug-likeness (QED) is 0.858. The van der Waals surface area contributed by atoms with Crippen LogP contribution in [0.3, 0.4) is 0 Å². The molecule has 2 N–H and O–H groups in total. The van der Waals surface area contributed by atoms with Crippen LogP contribution in [0, 0.1) is 0 Å². The van der Waals surface area contributed by atoms with Crippen LogP contribution in [-0.4, -0.2) is 35.0 Å². The summed E-state index contributed by atoms with van der Waals surface area (Å²) in [5, 5.41) is 0.275. The molecule has 0 amide bonds. The predicted octanol–water partition coefficient (Wildman–Crippen LogP) is 1.45. The zero-order valence-electron chi connectivity index (χ0n) is 11.0. The first-order chi connectivity index (χ1) is 9.29. The third kappa shape index (κ3) is 4.60. The van der Waals surface area contributed by atoms with Gasteiger partial charge in [0.25, 0.3) is 0 Å². The minimum Gasteiger partial charge on any atom is -0.493 e. The molecule has 106 valence electrons. The second kappa shape index (κ2) is 7.62. The van der Waals surface area contributed by atoms with Gasteiger partial charge in [0, 0.05) is 35.8 Å². The van der Waals surface area contributed by atoms with Crippen LogP contribution >= 0.6 is 0 Å². The second-order valence-corrected chi connectivity index (χ2v) is 6.43. The van der Waals surface area contributed by atoms with Crippen LogP contribution in [0.2, 0.25) is 0 Å². The predicted molar refractivity (Wildman–Crippen MR) is 76.7 cm³/mol. The lowest BCUT2D eigenvalue weighted by Gasteiger charge is -2.21.